The van der Waals surface area contributed by atoms with Gasteiger partial charge in [-0.1, -0.05) is 32.0 Å². The average molecular weight is 384 g/mol. The van der Waals surface area contributed by atoms with Gasteiger partial charge in [-0.3, -0.25) is 4.79 Å². The third-order valence-corrected chi connectivity index (χ3v) is 5.61. The molecule has 1 aromatic heterocycles. The molecule has 28 heavy (non-hydrogen) atoms. The Morgan fingerprint density at radius 3 is 2.46 bits per heavy atom. The van der Waals surface area contributed by atoms with Crippen LogP contribution in [0.3, 0.4) is 0 Å². The number of hydrogen-bond donors (Lipinski definition) is 0. The maximum Gasteiger partial charge on any atom is 0.219 e. The van der Waals surface area contributed by atoms with Crippen molar-refractivity contribution in [3.63, 3.8) is 0 Å². The molecule has 1 aliphatic heterocycles. The van der Waals surface area contributed by atoms with Crippen LogP contribution in [0, 0.1) is 12.7 Å². The summed E-state index contributed by atoms with van der Waals surface area (Å²) in [6.07, 6.45) is 1.42. The molecule has 1 fully saturated rings. The standard InChI is InChI=1S/C22H29FN4O/c1-5-15(2)21-24-16(3)19(14-18-8-6-7-9-20(18)23)22(25-21)27-12-10-26(11-13-27)17(4)28/h6-9,15H,5,10-14H2,1-4H3/t15-/m0/s1. The monoisotopic (exact) mass is 384 g/mol. The van der Waals surface area contributed by atoms with Crippen LogP contribution in [0.1, 0.15) is 55.8 Å². The molecule has 0 unspecified atom stereocenters. The van der Waals surface area contributed by atoms with E-state index in [0.717, 1.165) is 42.4 Å². The minimum Gasteiger partial charge on any atom is -0.353 e. The fraction of sp³-hybridized carbons (Fsp3) is 0.500. The Bertz CT molecular complexity index is 846. The number of halogens is 1. The fourth-order valence-corrected chi connectivity index (χ4v) is 3.54. The Labute approximate surface area is 166 Å². The zero-order valence-electron chi connectivity index (χ0n) is 17.2. The van der Waals surface area contributed by atoms with Crippen LogP contribution in [0.5, 0.6) is 0 Å². The van der Waals surface area contributed by atoms with E-state index in [1.54, 1.807) is 13.0 Å². The summed E-state index contributed by atoms with van der Waals surface area (Å²) in [5, 5.41) is 0. The van der Waals surface area contributed by atoms with Crippen LogP contribution in [-0.2, 0) is 11.2 Å². The van der Waals surface area contributed by atoms with E-state index in [-0.39, 0.29) is 17.6 Å². The number of anilines is 1. The van der Waals surface area contributed by atoms with Crippen LogP contribution in [0.4, 0.5) is 10.2 Å². The van der Waals surface area contributed by atoms with Gasteiger partial charge < -0.3 is 9.80 Å². The highest BCUT2D eigenvalue weighted by molar-refractivity contribution is 5.73. The molecule has 3 rings (SSSR count). The van der Waals surface area contributed by atoms with Crippen molar-refractivity contribution in [1.29, 1.82) is 0 Å². The minimum absolute atomic E-state index is 0.102. The molecule has 0 bridgehead atoms. The van der Waals surface area contributed by atoms with Crippen molar-refractivity contribution < 1.29 is 9.18 Å². The van der Waals surface area contributed by atoms with Gasteiger partial charge >= 0.3 is 0 Å². The largest absolute Gasteiger partial charge is 0.353 e. The quantitative estimate of drug-likeness (QED) is 0.789. The van der Waals surface area contributed by atoms with E-state index in [4.69, 9.17) is 9.97 Å². The number of nitrogens with zero attached hydrogens (tertiary/aromatic N) is 4. The van der Waals surface area contributed by atoms with Gasteiger partial charge in [0.1, 0.15) is 17.5 Å². The lowest BCUT2D eigenvalue weighted by Crippen LogP contribution is -2.48. The number of rotatable bonds is 5. The van der Waals surface area contributed by atoms with E-state index < -0.39 is 0 Å². The second kappa shape index (κ2) is 8.67. The van der Waals surface area contributed by atoms with Gasteiger partial charge in [0.2, 0.25) is 5.91 Å². The molecule has 0 saturated carbocycles. The highest BCUT2D eigenvalue weighted by Gasteiger charge is 2.25. The molecule has 6 heteroatoms. The van der Waals surface area contributed by atoms with Crippen LogP contribution in [-0.4, -0.2) is 47.0 Å². The van der Waals surface area contributed by atoms with E-state index in [9.17, 15) is 9.18 Å². The highest BCUT2D eigenvalue weighted by atomic mass is 19.1. The summed E-state index contributed by atoms with van der Waals surface area (Å²) in [5.74, 6) is 1.87. The van der Waals surface area contributed by atoms with Crippen molar-refractivity contribution >= 4 is 11.7 Å². The summed E-state index contributed by atoms with van der Waals surface area (Å²) in [5.41, 5.74) is 2.51. The van der Waals surface area contributed by atoms with Crippen LogP contribution < -0.4 is 4.90 Å². The van der Waals surface area contributed by atoms with Crippen molar-refractivity contribution in [3.8, 4) is 0 Å². The van der Waals surface area contributed by atoms with E-state index >= 15 is 0 Å². The topological polar surface area (TPSA) is 49.3 Å². The normalized spacial score (nSPS) is 15.6. The lowest BCUT2D eigenvalue weighted by atomic mass is 10.0. The Morgan fingerprint density at radius 1 is 1.18 bits per heavy atom. The number of piperazine rings is 1. The molecular formula is C22H29FN4O. The maximum absolute atomic E-state index is 14.3. The summed E-state index contributed by atoms with van der Waals surface area (Å²) >= 11 is 0. The van der Waals surface area contributed by atoms with Crippen molar-refractivity contribution in [1.82, 2.24) is 14.9 Å². The van der Waals surface area contributed by atoms with Gasteiger partial charge in [0.25, 0.3) is 0 Å². The van der Waals surface area contributed by atoms with Crippen molar-refractivity contribution in [2.45, 2.75) is 46.5 Å². The van der Waals surface area contributed by atoms with E-state index in [1.165, 1.54) is 6.07 Å². The molecule has 0 aliphatic carbocycles. The van der Waals surface area contributed by atoms with Crippen LogP contribution in [0.15, 0.2) is 24.3 Å². The molecule has 1 saturated heterocycles. The first-order chi connectivity index (χ1) is 13.4. The molecule has 1 aliphatic rings. The number of carbonyl (C=O) groups is 1. The van der Waals surface area contributed by atoms with Gasteiger partial charge in [-0.05, 0) is 25.0 Å². The van der Waals surface area contributed by atoms with Gasteiger partial charge in [0.15, 0.2) is 0 Å². The molecule has 0 radical (unpaired) electrons. The Morgan fingerprint density at radius 2 is 1.86 bits per heavy atom. The molecule has 0 spiro atoms. The molecule has 2 aromatic rings. The number of hydrogen-bond acceptors (Lipinski definition) is 4. The van der Waals surface area contributed by atoms with Gasteiger partial charge in [0.05, 0.1) is 0 Å². The molecular weight excluding hydrogens is 355 g/mol. The molecule has 150 valence electrons. The number of carbonyl (C=O) groups excluding carboxylic acids is 1. The minimum atomic E-state index is -0.208. The second-order valence-corrected chi connectivity index (χ2v) is 7.54. The number of aryl methyl sites for hydroxylation is 1. The van der Waals surface area contributed by atoms with Crippen LogP contribution in [0.25, 0.3) is 0 Å². The molecule has 2 heterocycles. The lowest BCUT2D eigenvalue weighted by molar-refractivity contribution is -0.129. The Kier molecular flexibility index (Phi) is 6.27. The molecule has 1 amide bonds. The molecule has 0 N–H and O–H groups in total. The summed E-state index contributed by atoms with van der Waals surface area (Å²) < 4.78 is 14.3. The van der Waals surface area contributed by atoms with Gasteiger partial charge in [-0.25, -0.2) is 14.4 Å². The third kappa shape index (κ3) is 4.32. The van der Waals surface area contributed by atoms with Crippen molar-refractivity contribution in [3.05, 3.63) is 52.7 Å². The summed E-state index contributed by atoms with van der Waals surface area (Å²) in [6, 6.07) is 6.86. The third-order valence-electron chi connectivity index (χ3n) is 5.61. The summed E-state index contributed by atoms with van der Waals surface area (Å²) in [4.78, 5) is 25.4. The summed E-state index contributed by atoms with van der Waals surface area (Å²) in [7, 11) is 0. The van der Waals surface area contributed by atoms with Crippen molar-refractivity contribution in [2.75, 3.05) is 31.1 Å². The first-order valence-corrected chi connectivity index (χ1v) is 10.0. The van der Waals surface area contributed by atoms with E-state index in [2.05, 4.69) is 18.7 Å². The molecule has 5 nitrogen and oxygen atoms in total. The van der Waals surface area contributed by atoms with E-state index in [1.807, 2.05) is 24.0 Å². The average Bonchev–Trinajstić information content (AvgIpc) is 2.70. The number of benzene rings is 1. The first-order valence-electron chi connectivity index (χ1n) is 10.0. The highest BCUT2D eigenvalue weighted by Crippen LogP contribution is 2.28. The van der Waals surface area contributed by atoms with Crippen LogP contribution >= 0.6 is 0 Å². The van der Waals surface area contributed by atoms with Gasteiger partial charge in [0, 0.05) is 56.7 Å². The smallest absolute Gasteiger partial charge is 0.219 e. The second-order valence-electron chi connectivity index (χ2n) is 7.54. The van der Waals surface area contributed by atoms with Crippen LogP contribution in [0.2, 0.25) is 0 Å². The zero-order chi connectivity index (χ0) is 20.3. The molecule has 1 atom stereocenters. The lowest BCUT2D eigenvalue weighted by Gasteiger charge is -2.36. The zero-order valence-corrected chi connectivity index (χ0v) is 17.2. The van der Waals surface area contributed by atoms with Crippen molar-refractivity contribution in [2.24, 2.45) is 0 Å². The number of amides is 1. The Balaban J connectivity index is 1.98. The first kappa shape index (κ1) is 20.2. The SMILES string of the molecule is CC[C@H](C)c1nc(C)c(Cc2ccccc2F)c(N2CCN(C(C)=O)CC2)n1. The van der Waals surface area contributed by atoms with E-state index in [0.29, 0.717) is 25.1 Å². The summed E-state index contributed by atoms with van der Waals surface area (Å²) in [6.45, 7) is 10.6. The molecule has 1 aromatic carbocycles. The Hall–Kier alpha value is -2.50. The predicted octanol–water partition coefficient (Wildman–Crippen LogP) is 3.70. The number of aromatic nitrogens is 2. The fourth-order valence-electron chi connectivity index (χ4n) is 3.54. The van der Waals surface area contributed by atoms with Gasteiger partial charge in [-0.15, -0.1) is 0 Å². The van der Waals surface area contributed by atoms with Gasteiger partial charge in [-0.2, -0.15) is 0 Å². The predicted molar refractivity (Wildman–Crippen MR) is 109 cm³/mol. The maximum atomic E-state index is 14.3.